The topological polar surface area (TPSA) is 141 Å². The number of methoxy groups -OCH3 is 1. The minimum absolute atomic E-state index is 0.0118. The monoisotopic (exact) mass is 450 g/mol. The van der Waals surface area contributed by atoms with E-state index in [1.165, 1.54) is 27.7 Å². The van der Waals surface area contributed by atoms with Crippen LogP contribution in [-0.4, -0.2) is 56.4 Å². The van der Waals surface area contributed by atoms with Crippen LogP contribution in [0.15, 0.2) is 52.3 Å². The molecule has 0 aromatic carbocycles. The average Bonchev–Trinajstić information content (AvgIpc) is 3.48. The molecule has 1 saturated carbocycles. The number of nitrogens with one attached hydrogen (secondary N) is 3. The summed E-state index contributed by atoms with van der Waals surface area (Å²) in [5, 5.41) is 13.3. The van der Waals surface area contributed by atoms with Gasteiger partial charge in [0.15, 0.2) is 5.65 Å². The molecule has 1 fully saturated rings. The molecule has 0 spiro atoms. The Bertz CT molecular complexity index is 1360. The number of ether oxygens (including phenoxy) is 1. The van der Waals surface area contributed by atoms with Gasteiger partial charge in [0.2, 0.25) is 0 Å². The molecule has 0 bridgehead atoms. The van der Waals surface area contributed by atoms with Crippen molar-refractivity contribution >= 4 is 28.9 Å². The third kappa shape index (κ3) is 3.69. The van der Waals surface area contributed by atoms with Crippen molar-refractivity contribution in [3.63, 3.8) is 0 Å². The second kappa shape index (κ2) is 8.39. The number of pyridine rings is 1. The first-order valence-electron chi connectivity index (χ1n) is 10.4. The van der Waals surface area contributed by atoms with Crippen LogP contribution in [0, 0.1) is 0 Å². The highest BCUT2D eigenvalue weighted by atomic mass is 16.5. The van der Waals surface area contributed by atoms with Gasteiger partial charge in [-0.25, -0.2) is 14.5 Å². The van der Waals surface area contributed by atoms with Crippen molar-refractivity contribution in [2.45, 2.75) is 25.0 Å². The summed E-state index contributed by atoms with van der Waals surface area (Å²) in [5.74, 6) is 0.667. The van der Waals surface area contributed by atoms with Crippen LogP contribution >= 0.6 is 0 Å². The Hall–Kier alpha value is -4.19. The van der Waals surface area contributed by atoms with Gasteiger partial charge in [-0.1, -0.05) is 0 Å². The van der Waals surface area contributed by atoms with Gasteiger partial charge in [0.25, 0.3) is 11.5 Å². The van der Waals surface area contributed by atoms with Crippen molar-refractivity contribution in [2.24, 2.45) is 0 Å². The molecule has 1 aliphatic carbocycles. The molecule has 1 aliphatic rings. The summed E-state index contributed by atoms with van der Waals surface area (Å²) in [6, 6.07) is 5.12. The number of aromatic nitrogens is 5. The molecule has 4 heterocycles. The molecule has 4 aromatic rings. The summed E-state index contributed by atoms with van der Waals surface area (Å²) in [6.07, 6.45) is 7.66. The summed E-state index contributed by atoms with van der Waals surface area (Å²) >= 11 is 0. The van der Waals surface area contributed by atoms with Gasteiger partial charge >= 0.3 is 6.01 Å². The Morgan fingerprint density at radius 2 is 2.21 bits per heavy atom. The van der Waals surface area contributed by atoms with E-state index in [9.17, 15) is 9.59 Å². The fourth-order valence-corrected chi connectivity index (χ4v) is 3.74. The molecule has 2 atom stereocenters. The minimum Gasteiger partial charge on any atom is -0.432 e. The number of carbonyl (C=O) groups is 1. The standard InChI is InChI=1S/C21H22N8O4/c1-22-17-10-16(25-14-4-3-8-28(20(14)31)21-23-7-9-33-21)27-18-12(11-24-29(17)18)19(30)26-13-5-6-15(13)32-2/h3-4,7-11,13,15,22H,5-6H2,1-2H3,(H,25,27)(H,26,30)/t13-,15-/m0/s1. The molecule has 3 N–H and O–H groups in total. The van der Waals surface area contributed by atoms with Gasteiger partial charge in [-0.3, -0.25) is 9.59 Å². The SMILES string of the molecule is CNc1cc(Nc2cccn(-c3ncco3)c2=O)nc2c(C(=O)N[C@H]3CC[C@@H]3OC)cnn12. The predicted octanol–water partition coefficient (Wildman–Crippen LogP) is 1.56. The molecule has 0 saturated heterocycles. The van der Waals surface area contributed by atoms with Gasteiger partial charge in [-0.05, 0) is 25.0 Å². The highest BCUT2D eigenvalue weighted by Crippen LogP contribution is 2.24. The van der Waals surface area contributed by atoms with Gasteiger partial charge < -0.3 is 25.1 Å². The first-order chi connectivity index (χ1) is 16.1. The highest BCUT2D eigenvalue weighted by molar-refractivity contribution is 6.00. The second-order valence-electron chi connectivity index (χ2n) is 7.54. The number of carbonyl (C=O) groups excluding carboxylic acids is 1. The van der Waals surface area contributed by atoms with Crippen molar-refractivity contribution in [1.82, 2.24) is 29.5 Å². The number of hydrogen-bond acceptors (Lipinski definition) is 9. The Kier molecular flexibility index (Phi) is 5.26. The number of oxazole rings is 1. The normalized spacial score (nSPS) is 17.5. The van der Waals surface area contributed by atoms with E-state index >= 15 is 0 Å². The van der Waals surface area contributed by atoms with Crippen LogP contribution in [0.1, 0.15) is 23.2 Å². The maximum Gasteiger partial charge on any atom is 0.308 e. The fourth-order valence-electron chi connectivity index (χ4n) is 3.74. The zero-order chi connectivity index (χ0) is 22.9. The summed E-state index contributed by atoms with van der Waals surface area (Å²) in [5.41, 5.74) is 0.563. The third-order valence-corrected chi connectivity index (χ3v) is 5.64. The molecule has 33 heavy (non-hydrogen) atoms. The molecule has 5 rings (SSSR count). The van der Waals surface area contributed by atoms with E-state index in [2.05, 4.69) is 31.0 Å². The number of hydrogen-bond donors (Lipinski definition) is 3. The molecule has 4 aromatic heterocycles. The summed E-state index contributed by atoms with van der Waals surface area (Å²) in [6.45, 7) is 0. The van der Waals surface area contributed by atoms with E-state index in [0.717, 1.165) is 12.8 Å². The fraction of sp³-hybridized carbons (Fsp3) is 0.286. The first-order valence-corrected chi connectivity index (χ1v) is 10.4. The lowest BCUT2D eigenvalue weighted by atomic mass is 9.89. The molecule has 0 unspecified atom stereocenters. The lowest BCUT2D eigenvalue weighted by Crippen LogP contribution is -2.51. The van der Waals surface area contributed by atoms with Crippen LogP contribution in [0.2, 0.25) is 0 Å². The number of fused-ring (bicyclic) bond motifs is 1. The summed E-state index contributed by atoms with van der Waals surface area (Å²) in [7, 11) is 3.37. The number of amides is 1. The highest BCUT2D eigenvalue weighted by Gasteiger charge is 2.33. The lowest BCUT2D eigenvalue weighted by Gasteiger charge is -2.35. The zero-order valence-electron chi connectivity index (χ0n) is 18.0. The number of rotatable bonds is 7. The van der Waals surface area contributed by atoms with Gasteiger partial charge in [0.05, 0.1) is 24.5 Å². The van der Waals surface area contributed by atoms with Crippen LogP contribution in [0.25, 0.3) is 11.7 Å². The van der Waals surface area contributed by atoms with Gasteiger partial charge in [0.1, 0.15) is 29.1 Å². The molecular formula is C21H22N8O4. The second-order valence-corrected chi connectivity index (χ2v) is 7.54. The number of anilines is 3. The van der Waals surface area contributed by atoms with E-state index in [0.29, 0.717) is 22.8 Å². The van der Waals surface area contributed by atoms with Crippen molar-refractivity contribution < 1.29 is 13.9 Å². The Morgan fingerprint density at radius 1 is 1.33 bits per heavy atom. The van der Waals surface area contributed by atoms with Crippen molar-refractivity contribution in [2.75, 3.05) is 24.8 Å². The van der Waals surface area contributed by atoms with E-state index in [1.54, 1.807) is 38.6 Å². The molecule has 1 amide bonds. The smallest absolute Gasteiger partial charge is 0.308 e. The van der Waals surface area contributed by atoms with Crippen molar-refractivity contribution in [1.29, 1.82) is 0 Å². The van der Waals surface area contributed by atoms with E-state index < -0.39 is 0 Å². The molecule has 0 aliphatic heterocycles. The molecule has 12 heteroatoms. The van der Waals surface area contributed by atoms with Crippen molar-refractivity contribution in [3.8, 4) is 6.01 Å². The van der Waals surface area contributed by atoms with Crippen LogP contribution in [0.4, 0.5) is 17.3 Å². The Morgan fingerprint density at radius 3 is 2.91 bits per heavy atom. The largest absolute Gasteiger partial charge is 0.432 e. The zero-order valence-corrected chi connectivity index (χ0v) is 18.0. The molecule has 12 nitrogen and oxygen atoms in total. The van der Waals surface area contributed by atoms with E-state index in [-0.39, 0.29) is 35.3 Å². The lowest BCUT2D eigenvalue weighted by molar-refractivity contribution is 0.00732. The summed E-state index contributed by atoms with van der Waals surface area (Å²) < 4.78 is 13.4. The molecule has 170 valence electrons. The van der Waals surface area contributed by atoms with Gasteiger partial charge in [-0.2, -0.15) is 9.61 Å². The van der Waals surface area contributed by atoms with E-state index in [1.807, 2.05) is 0 Å². The maximum atomic E-state index is 12.9. The third-order valence-electron chi connectivity index (χ3n) is 5.64. The van der Waals surface area contributed by atoms with Crippen LogP contribution in [-0.2, 0) is 4.74 Å². The quantitative estimate of drug-likeness (QED) is 0.382. The maximum absolute atomic E-state index is 12.9. The average molecular weight is 450 g/mol. The predicted molar refractivity (Wildman–Crippen MR) is 119 cm³/mol. The number of nitrogens with zero attached hydrogens (tertiary/aromatic N) is 5. The van der Waals surface area contributed by atoms with E-state index in [4.69, 9.17) is 9.15 Å². The van der Waals surface area contributed by atoms with Crippen LogP contribution in [0.5, 0.6) is 0 Å². The minimum atomic E-state index is -0.366. The van der Waals surface area contributed by atoms with Gasteiger partial charge in [0, 0.05) is 26.4 Å². The van der Waals surface area contributed by atoms with Gasteiger partial charge in [-0.15, -0.1) is 0 Å². The van der Waals surface area contributed by atoms with Crippen LogP contribution < -0.4 is 21.5 Å². The van der Waals surface area contributed by atoms with Crippen LogP contribution in [0.3, 0.4) is 0 Å². The summed E-state index contributed by atoms with van der Waals surface area (Å²) in [4.78, 5) is 34.4. The van der Waals surface area contributed by atoms with Crippen molar-refractivity contribution in [3.05, 3.63) is 59.0 Å². The Balaban J connectivity index is 1.48. The first kappa shape index (κ1) is 20.7. The Labute approximate surface area is 187 Å². The molecular weight excluding hydrogens is 428 g/mol. The molecule has 0 radical (unpaired) electrons.